The molecule has 0 heterocycles. The van der Waals surface area contributed by atoms with E-state index in [1.807, 2.05) is 0 Å². The van der Waals surface area contributed by atoms with Crippen LogP contribution < -0.4 is 0 Å². The average Bonchev–Trinajstić information content (AvgIpc) is 2.05. The molecule has 0 aromatic carbocycles. The van der Waals surface area contributed by atoms with E-state index in [2.05, 4.69) is 9.91 Å². The van der Waals surface area contributed by atoms with Gasteiger partial charge in [-0.25, -0.2) is 4.79 Å². The van der Waals surface area contributed by atoms with Gasteiger partial charge >= 0.3 is 5.97 Å². The predicted molar refractivity (Wildman–Crippen MR) is 42.3 cm³/mol. The summed E-state index contributed by atoms with van der Waals surface area (Å²) in [6.07, 6.45) is 0. The monoisotopic (exact) mass is 173 g/mol. The lowest BCUT2D eigenvalue weighted by molar-refractivity contribution is -0.136. The minimum atomic E-state index is -0.920. The van der Waals surface area contributed by atoms with Crippen LogP contribution in [0.25, 0.3) is 0 Å². The molecule has 0 aromatic rings. The topological polar surface area (TPSA) is 76.0 Å². The molecule has 1 N–H and O–H groups in total. The van der Waals surface area contributed by atoms with E-state index in [-0.39, 0.29) is 11.7 Å². The summed E-state index contributed by atoms with van der Waals surface area (Å²) in [6.45, 7) is 3.26. The minimum absolute atomic E-state index is 0.322. The van der Waals surface area contributed by atoms with Crippen LogP contribution in [0.3, 0.4) is 0 Å². The second-order valence-corrected chi connectivity index (χ2v) is 2.47. The molecular formula is C7H11NO4. The summed E-state index contributed by atoms with van der Waals surface area (Å²) >= 11 is 0. The van der Waals surface area contributed by atoms with Gasteiger partial charge in [0.15, 0.2) is 0 Å². The SMILES string of the molecule is COC(=O)C(N=O)=C(O)C(C)C. The van der Waals surface area contributed by atoms with Crippen LogP contribution in [-0.2, 0) is 9.53 Å². The molecule has 0 saturated carbocycles. The fourth-order valence-electron chi connectivity index (χ4n) is 0.559. The number of rotatable bonds is 3. The van der Waals surface area contributed by atoms with E-state index in [0.29, 0.717) is 0 Å². The third-order valence-corrected chi connectivity index (χ3v) is 1.26. The second kappa shape index (κ2) is 4.48. The van der Waals surface area contributed by atoms with Crippen LogP contribution >= 0.6 is 0 Å². The first-order valence-electron chi connectivity index (χ1n) is 3.39. The van der Waals surface area contributed by atoms with Crippen molar-refractivity contribution in [1.29, 1.82) is 0 Å². The Labute approximate surface area is 70.0 Å². The van der Waals surface area contributed by atoms with Crippen molar-refractivity contribution in [2.75, 3.05) is 7.11 Å². The molecule has 12 heavy (non-hydrogen) atoms. The number of ether oxygens (including phenoxy) is 1. The molecule has 68 valence electrons. The van der Waals surface area contributed by atoms with Crippen LogP contribution in [-0.4, -0.2) is 18.2 Å². The van der Waals surface area contributed by atoms with E-state index in [1.165, 1.54) is 0 Å². The maximum atomic E-state index is 10.8. The molecule has 0 spiro atoms. The quantitative estimate of drug-likeness (QED) is 0.302. The summed E-state index contributed by atoms with van der Waals surface area (Å²) in [5.41, 5.74) is -0.562. The number of aliphatic hydroxyl groups excluding tert-OH is 1. The number of nitrogens with zero attached hydrogens (tertiary/aromatic N) is 1. The first-order chi connectivity index (χ1) is 5.54. The molecule has 0 aliphatic rings. The van der Waals surface area contributed by atoms with Gasteiger partial charge in [0.05, 0.1) is 7.11 Å². The fourth-order valence-corrected chi connectivity index (χ4v) is 0.559. The maximum absolute atomic E-state index is 10.8. The molecule has 0 bridgehead atoms. The van der Waals surface area contributed by atoms with Crippen molar-refractivity contribution in [3.63, 3.8) is 0 Å². The zero-order valence-electron chi connectivity index (χ0n) is 7.20. The second-order valence-electron chi connectivity index (χ2n) is 2.47. The molecule has 0 amide bonds. The van der Waals surface area contributed by atoms with Crippen LogP contribution in [0.5, 0.6) is 0 Å². The molecule has 0 aromatic heterocycles. The molecule has 0 radical (unpaired) electrons. The molecule has 0 atom stereocenters. The average molecular weight is 173 g/mol. The Balaban J connectivity index is 4.85. The summed E-state index contributed by atoms with van der Waals surface area (Å²) in [6, 6.07) is 0. The summed E-state index contributed by atoms with van der Waals surface area (Å²) in [7, 11) is 1.11. The third kappa shape index (κ3) is 2.34. The molecule has 5 heteroatoms. The Morgan fingerprint density at radius 3 is 2.25 bits per heavy atom. The van der Waals surface area contributed by atoms with Gasteiger partial charge in [-0.15, -0.1) is 4.91 Å². The smallest absolute Gasteiger partial charge is 0.363 e. The fraction of sp³-hybridized carbons (Fsp3) is 0.571. The number of hydrogen-bond donors (Lipinski definition) is 1. The Bertz CT molecular complexity index is 219. The highest BCUT2D eigenvalue weighted by atomic mass is 16.5. The van der Waals surface area contributed by atoms with Gasteiger partial charge < -0.3 is 9.84 Å². The van der Waals surface area contributed by atoms with Gasteiger partial charge in [-0.05, 0) is 5.18 Å². The van der Waals surface area contributed by atoms with Gasteiger partial charge in [0, 0.05) is 5.92 Å². The first kappa shape index (κ1) is 10.6. The third-order valence-electron chi connectivity index (χ3n) is 1.26. The molecular weight excluding hydrogens is 162 g/mol. The van der Waals surface area contributed by atoms with Crippen molar-refractivity contribution in [2.24, 2.45) is 11.1 Å². The standard InChI is InChI=1S/C7H11NO4/c1-4(2)6(9)5(8-11)7(10)12-3/h4,9H,1-3H3. The molecule has 0 aliphatic heterocycles. The highest BCUT2D eigenvalue weighted by Crippen LogP contribution is 2.13. The summed E-state index contributed by atoms with van der Waals surface area (Å²) in [5, 5.41) is 11.6. The number of aliphatic hydroxyl groups is 1. The highest BCUT2D eigenvalue weighted by Gasteiger charge is 2.18. The normalized spacial score (nSPS) is 12.3. The van der Waals surface area contributed by atoms with Gasteiger partial charge in [0.2, 0.25) is 5.70 Å². The van der Waals surface area contributed by atoms with Gasteiger partial charge in [-0.2, -0.15) is 0 Å². The lowest BCUT2D eigenvalue weighted by Gasteiger charge is -2.04. The Hall–Kier alpha value is -1.39. The Morgan fingerprint density at radius 1 is 1.50 bits per heavy atom. The van der Waals surface area contributed by atoms with E-state index in [4.69, 9.17) is 0 Å². The van der Waals surface area contributed by atoms with E-state index in [1.54, 1.807) is 13.8 Å². The van der Waals surface area contributed by atoms with Crippen LogP contribution in [0, 0.1) is 10.8 Å². The Morgan fingerprint density at radius 2 is 2.00 bits per heavy atom. The summed E-state index contributed by atoms with van der Waals surface area (Å²) < 4.78 is 4.22. The minimum Gasteiger partial charge on any atom is -0.509 e. The van der Waals surface area contributed by atoms with Crippen LogP contribution in [0.2, 0.25) is 0 Å². The van der Waals surface area contributed by atoms with Gasteiger partial charge in [-0.1, -0.05) is 13.8 Å². The van der Waals surface area contributed by atoms with E-state index in [0.717, 1.165) is 7.11 Å². The van der Waals surface area contributed by atoms with Crippen LogP contribution in [0.4, 0.5) is 0 Å². The zero-order chi connectivity index (χ0) is 9.72. The number of allylic oxidation sites excluding steroid dienone is 1. The highest BCUT2D eigenvalue weighted by molar-refractivity contribution is 5.88. The maximum Gasteiger partial charge on any atom is 0.363 e. The Kier molecular flexibility index (Phi) is 3.96. The molecule has 0 rings (SSSR count). The summed E-state index contributed by atoms with van der Waals surface area (Å²) in [4.78, 5) is 20.8. The van der Waals surface area contributed by atoms with Crippen molar-refractivity contribution < 1.29 is 14.6 Å². The van der Waals surface area contributed by atoms with Gasteiger partial charge in [0.1, 0.15) is 5.76 Å². The number of nitroso groups, excluding NO2 is 1. The van der Waals surface area contributed by atoms with Crippen molar-refractivity contribution in [1.82, 2.24) is 0 Å². The van der Waals surface area contributed by atoms with Crippen LogP contribution in [0.1, 0.15) is 13.8 Å². The number of carbonyl (C=O) groups is 1. The number of esters is 1. The molecule has 0 fully saturated rings. The van der Waals surface area contributed by atoms with E-state index < -0.39 is 11.7 Å². The van der Waals surface area contributed by atoms with Gasteiger partial charge in [0.25, 0.3) is 0 Å². The molecule has 5 nitrogen and oxygen atoms in total. The van der Waals surface area contributed by atoms with Crippen molar-refractivity contribution in [2.45, 2.75) is 13.8 Å². The molecule has 0 aliphatic carbocycles. The van der Waals surface area contributed by atoms with E-state index in [9.17, 15) is 14.8 Å². The number of hydrogen-bond acceptors (Lipinski definition) is 5. The summed E-state index contributed by atoms with van der Waals surface area (Å²) in [5.74, 6) is -1.59. The van der Waals surface area contributed by atoms with Crippen LogP contribution in [0.15, 0.2) is 16.6 Å². The lowest BCUT2D eigenvalue weighted by atomic mass is 10.1. The largest absolute Gasteiger partial charge is 0.509 e. The molecule has 0 unspecified atom stereocenters. The number of carbonyl (C=O) groups excluding carboxylic acids is 1. The predicted octanol–water partition coefficient (Wildman–Crippen LogP) is 1.35. The van der Waals surface area contributed by atoms with Crippen molar-refractivity contribution in [3.8, 4) is 0 Å². The number of methoxy groups -OCH3 is 1. The molecule has 0 saturated heterocycles. The van der Waals surface area contributed by atoms with Gasteiger partial charge in [-0.3, -0.25) is 0 Å². The zero-order valence-corrected chi connectivity index (χ0v) is 7.20. The lowest BCUT2D eigenvalue weighted by Crippen LogP contribution is -2.08. The van der Waals surface area contributed by atoms with Crippen molar-refractivity contribution in [3.05, 3.63) is 16.4 Å². The first-order valence-corrected chi connectivity index (χ1v) is 3.39. The van der Waals surface area contributed by atoms with E-state index >= 15 is 0 Å². The van der Waals surface area contributed by atoms with Crippen molar-refractivity contribution >= 4 is 5.97 Å².